The first-order valence-corrected chi connectivity index (χ1v) is 8.98. The Morgan fingerprint density at radius 1 is 1.48 bits per heavy atom. The number of nitrogens with one attached hydrogen (secondary N) is 2. The van der Waals surface area contributed by atoms with E-state index in [1.165, 1.54) is 12.8 Å². The topological polar surface area (TPSA) is 54.0 Å². The van der Waals surface area contributed by atoms with Crippen LogP contribution < -0.4 is 10.6 Å². The predicted octanol–water partition coefficient (Wildman–Crippen LogP) is 3.23. The number of pyridine rings is 1. The molecule has 1 aliphatic carbocycles. The van der Waals surface area contributed by atoms with E-state index >= 15 is 0 Å². The fraction of sp³-hybridized carbons (Fsp3) is 0.625. The Labute approximate surface area is 131 Å². The number of aromatic nitrogens is 1. The summed E-state index contributed by atoms with van der Waals surface area (Å²) in [6.07, 6.45) is 8.30. The van der Waals surface area contributed by atoms with Gasteiger partial charge in [0, 0.05) is 29.7 Å². The Balaban J connectivity index is 2.10. The van der Waals surface area contributed by atoms with Crippen molar-refractivity contribution < 1.29 is 4.79 Å². The molecule has 0 saturated heterocycles. The molecule has 2 unspecified atom stereocenters. The highest BCUT2D eigenvalue weighted by Crippen LogP contribution is 2.29. The molecular weight excluding hydrogens is 282 g/mol. The zero-order valence-corrected chi connectivity index (χ0v) is 13.9. The number of amides is 1. The molecule has 1 amide bonds. The summed E-state index contributed by atoms with van der Waals surface area (Å²) in [5.41, 5.74) is 2.47. The van der Waals surface area contributed by atoms with E-state index in [1.54, 1.807) is 6.20 Å². The molecule has 4 nitrogen and oxygen atoms in total. The van der Waals surface area contributed by atoms with Gasteiger partial charge in [0.2, 0.25) is 0 Å². The minimum atomic E-state index is -0.00736. The summed E-state index contributed by atoms with van der Waals surface area (Å²) in [4.78, 5) is 16.8. The van der Waals surface area contributed by atoms with Crippen molar-refractivity contribution in [2.24, 2.45) is 0 Å². The average molecular weight is 307 g/mol. The van der Waals surface area contributed by atoms with Crippen LogP contribution in [0.5, 0.6) is 0 Å². The molecule has 1 heterocycles. The van der Waals surface area contributed by atoms with Crippen molar-refractivity contribution in [1.29, 1.82) is 0 Å². The molecule has 5 heteroatoms. The fourth-order valence-electron chi connectivity index (χ4n) is 2.77. The van der Waals surface area contributed by atoms with Gasteiger partial charge >= 0.3 is 0 Å². The average Bonchev–Trinajstić information content (AvgIpc) is 2.92. The lowest BCUT2D eigenvalue weighted by molar-refractivity contribution is 0.0939. The van der Waals surface area contributed by atoms with Crippen LogP contribution in [0.4, 0.5) is 5.69 Å². The van der Waals surface area contributed by atoms with E-state index in [4.69, 9.17) is 0 Å². The number of aryl methyl sites for hydroxylation is 1. The highest BCUT2D eigenvalue weighted by Gasteiger charge is 2.28. The summed E-state index contributed by atoms with van der Waals surface area (Å²) >= 11 is 1.85. The molecule has 1 aliphatic rings. The summed E-state index contributed by atoms with van der Waals surface area (Å²) in [5.74, 6) is -0.00736. The smallest absolute Gasteiger partial charge is 0.255 e. The maximum Gasteiger partial charge on any atom is 0.255 e. The Morgan fingerprint density at radius 3 is 3.00 bits per heavy atom. The molecule has 21 heavy (non-hydrogen) atoms. The van der Waals surface area contributed by atoms with E-state index in [1.807, 2.05) is 24.8 Å². The normalized spacial score (nSPS) is 21.3. The molecule has 0 bridgehead atoms. The van der Waals surface area contributed by atoms with Gasteiger partial charge in [-0.05, 0) is 38.5 Å². The Hall–Kier alpha value is -1.23. The maximum absolute atomic E-state index is 12.6. The summed E-state index contributed by atoms with van der Waals surface area (Å²) in [5, 5.41) is 7.06. The van der Waals surface area contributed by atoms with Crippen molar-refractivity contribution in [1.82, 2.24) is 10.3 Å². The van der Waals surface area contributed by atoms with Gasteiger partial charge in [-0.3, -0.25) is 9.78 Å². The summed E-state index contributed by atoms with van der Waals surface area (Å²) in [7, 11) is 0. The quantitative estimate of drug-likeness (QED) is 0.847. The van der Waals surface area contributed by atoms with Crippen LogP contribution in [0.2, 0.25) is 0 Å². The molecule has 116 valence electrons. The number of hydrogen-bond acceptors (Lipinski definition) is 4. The third-order valence-electron chi connectivity index (χ3n) is 3.92. The molecule has 0 radical (unpaired) electrons. The Kier molecular flexibility index (Phi) is 5.91. The molecule has 2 N–H and O–H groups in total. The number of rotatable bonds is 6. The van der Waals surface area contributed by atoms with Crippen LogP contribution in [-0.4, -0.2) is 35.0 Å². The second-order valence-electron chi connectivity index (χ2n) is 5.58. The Morgan fingerprint density at radius 2 is 2.29 bits per heavy atom. The van der Waals surface area contributed by atoms with Crippen LogP contribution in [0.15, 0.2) is 12.3 Å². The third-order valence-corrected chi connectivity index (χ3v) is 5.09. The summed E-state index contributed by atoms with van der Waals surface area (Å²) in [6.45, 7) is 4.92. The van der Waals surface area contributed by atoms with Crippen molar-refractivity contribution in [2.45, 2.75) is 50.8 Å². The number of thioether (sulfide) groups is 1. The molecule has 2 atom stereocenters. The number of anilines is 1. The number of carbonyl (C=O) groups is 1. The predicted molar refractivity (Wildman–Crippen MR) is 90.2 cm³/mol. The van der Waals surface area contributed by atoms with Gasteiger partial charge in [-0.25, -0.2) is 0 Å². The first kappa shape index (κ1) is 16.1. The lowest BCUT2D eigenvalue weighted by atomic mass is 10.1. The van der Waals surface area contributed by atoms with Crippen LogP contribution >= 0.6 is 11.8 Å². The zero-order valence-electron chi connectivity index (χ0n) is 13.1. The van der Waals surface area contributed by atoms with Gasteiger partial charge in [0.1, 0.15) is 0 Å². The number of carbonyl (C=O) groups excluding carboxylic acids is 1. The summed E-state index contributed by atoms with van der Waals surface area (Å²) < 4.78 is 0. The minimum absolute atomic E-state index is 0.00736. The second-order valence-corrected chi connectivity index (χ2v) is 6.66. The molecule has 2 rings (SSSR count). The molecule has 1 aromatic rings. The van der Waals surface area contributed by atoms with E-state index < -0.39 is 0 Å². The standard InChI is InChI=1S/C16H25N3OS/c1-4-8-17-14-9-11(2)18-10-12(14)16(20)19-13-6-5-7-15(13)21-3/h9-10,13,15H,4-8H2,1-3H3,(H,17,18)(H,19,20). The van der Waals surface area contributed by atoms with Gasteiger partial charge in [0.15, 0.2) is 0 Å². The van der Waals surface area contributed by atoms with Gasteiger partial charge < -0.3 is 10.6 Å². The van der Waals surface area contributed by atoms with Gasteiger partial charge in [-0.2, -0.15) is 11.8 Å². The van der Waals surface area contributed by atoms with Crippen LogP contribution in [0.1, 0.15) is 48.7 Å². The van der Waals surface area contributed by atoms with Crippen LogP contribution in [0.25, 0.3) is 0 Å². The first-order valence-electron chi connectivity index (χ1n) is 7.70. The molecule has 0 aromatic carbocycles. The second kappa shape index (κ2) is 7.69. The van der Waals surface area contributed by atoms with Gasteiger partial charge in [0.05, 0.1) is 11.3 Å². The number of nitrogens with zero attached hydrogens (tertiary/aromatic N) is 1. The molecule has 0 aliphatic heterocycles. The first-order chi connectivity index (χ1) is 10.2. The minimum Gasteiger partial charge on any atom is -0.384 e. The fourth-order valence-corrected chi connectivity index (χ4v) is 3.70. The van der Waals surface area contributed by atoms with Crippen molar-refractivity contribution in [3.05, 3.63) is 23.5 Å². The van der Waals surface area contributed by atoms with Crippen molar-refractivity contribution in [3.63, 3.8) is 0 Å². The third kappa shape index (κ3) is 4.13. The van der Waals surface area contributed by atoms with Crippen LogP contribution in [0, 0.1) is 6.92 Å². The van der Waals surface area contributed by atoms with Crippen molar-refractivity contribution >= 4 is 23.4 Å². The van der Waals surface area contributed by atoms with Crippen LogP contribution in [0.3, 0.4) is 0 Å². The van der Waals surface area contributed by atoms with Crippen LogP contribution in [-0.2, 0) is 0 Å². The molecule has 1 aromatic heterocycles. The molecule has 1 saturated carbocycles. The highest BCUT2D eigenvalue weighted by atomic mass is 32.2. The van der Waals surface area contributed by atoms with Gasteiger partial charge in [-0.15, -0.1) is 0 Å². The van der Waals surface area contributed by atoms with E-state index in [-0.39, 0.29) is 11.9 Å². The molecule has 1 fully saturated rings. The highest BCUT2D eigenvalue weighted by molar-refractivity contribution is 7.99. The van der Waals surface area contributed by atoms with E-state index in [0.717, 1.165) is 30.8 Å². The lowest BCUT2D eigenvalue weighted by Gasteiger charge is -2.20. The maximum atomic E-state index is 12.6. The molecular formula is C16H25N3OS. The van der Waals surface area contributed by atoms with Gasteiger partial charge in [0.25, 0.3) is 5.91 Å². The number of hydrogen-bond donors (Lipinski definition) is 2. The van der Waals surface area contributed by atoms with Crippen molar-refractivity contribution in [3.8, 4) is 0 Å². The zero-order chi connectivity index (χ0) is 15.2. The monoisotopic (exact) mass is 307 g/mol. The van der Waals surface area contributed by atoms with E-state index in [9.17, 15) is 4.79 Å². The largest absolute Gasteiger partial charge is 0.384 e. The van der Waals surface area contributed by atoms with Crippen molar-refractivity contribution in [2.75, 3.05) is 18.1 Å². The van der Waals surface area contributed by atoms with E-state index in [2.05, 4.69) is 28.8 Å². The Bertz CT molecular complexity index is 492. The van der Waals surface area contributed by atoms with E-state index in [0.29, 0.717) is 10.8 Å². The molecule has 0 spiro atoms. The summed E-state index contributed by atoms with van der Waals surface area (Å²) in [6, 6.07) is 2.23. The SMILES string of the molecule is CCCNc1cc(C)ncc1C(=O)NC1CCCC1SC. The lowest BCUT2D eigenvalue weighted by Crippen LogP contribution is -2.39. The van der Waals surface area contributed by atoms with Gasteiger partial charge in [-0.1, -0.05) is 13.3 Å².